The molecule has 0 radical (unpaired) electrons. The second kappa shape index (κ2) is 11.0. The fourth-order valence-corrected chi connectivity index (χ4v) is 6.79. The molecule has 0 bridgehead atoms. The number of amides is 3. The van der Waals surface area contributed by atoms with Crippen LogP contribution in [0.5, 0.6) is 0 Å². The SMILES string of the molecule is C=C(N)c1ccc2c(c1)CCc1cc(C(N)=O)ccc1C2(C[C@@H](C)NCC(=O)N1C(C#N)C[C@@H]2C[C@@H]21)C(=O)NNC. The van der Waals surface area contributed by atoms with Crippen molar-refractivity contribution < 1.29 is 14.4 Å². The fourth-order valence-electron chi connectivity index (χ4n) is 6.79. The summed E-state index contributed by atoms with van der Waals surface area (Å²) >= 11 is 0. The maximum atomic E-state index is 14.2. The van der Waals surface area contributed by atoms with Gasteiger partial charge in [-0.1, -0.05) is 24.8 Å². The molecule has 5 atom stereocenters. The molecule has 1 saturated carbocycles. The number of likely N-dealkylation sites (tertiary alicyclic amines) is 1. The van der Waals surface area contributed by atoms with E-state index in [0.29, 0.717) is 36.4 Å². The van der Waals surface area contributed by atoms with Crippen LogP contribution in [0.25, 0.3) is 5.70 Å². The van der Waals surface area contributed by atoms with Gasteiger partial charge >= 0.3 is 0 Å². The standard InChI is InChI=1S/C31H37N7O3/c1-17(36-16-28(39)38-24(15-32)12-23-13-27(23)38)14-31(30(41)37-35-3)25-8-6-19(18(2)33)10-20(25)4-5-21-11-22(29(34)40)7-9-26(21)31/h6-11,17,23-24,27,35-36H,2,4-5,12-14,16,33H2,1,3H3,(H2,34,40)(H,37,41)/t17-,23-,24?,27+,31?/m1/s1. The van der Waals surface area contributed by atoms with E-state index in [-0.39, 0.29) is 36.5 Å². The maximum Gasteiger partial charge on any atom is 0.249 e. The topological polar surface area (TPSA) is 166 Å². The van der Waals surface area contributed by atoms with Crippen LogP contribution in [0.3, 0.4) is 0 Å². The number of nitriles is 1. The number of nitrogens with two attached hydrogens (primary N) is 2. The van der Waals surface area contributed by atoms with E-state index in [1.807, 2.05) is 31.2 Å². The van der Waals surface area contributed by atoms with Gasteiger partial charge in [-0.05, 0) is 91.0 Å². The van der Waals surface area contributed by atoms with Gasteiger partial charge in [0.2, 0.25) is 17.7 Å². The highest BCUT2D eigenvalue weighted by molar-refractivity contribution is 5.96. The Balaban J connectivity index is 1.54. The normalized spacial score (nSPS) is 24.6. The number of hydrazine groups is 1. The number of benzene rings is 2. The van der Waals surface area contributed by atoms with Gasteiger partial charge in [-0.25, -0.2) is 5.43 Å². The van der Waals surface area contributed by atoms with E-state index in [4.69, 9.17) is 11.5 Å². The van der Waals surface area contributed by atoms with Crippen LogP contribution in [0.4, 0.5) is 0 Å². The predicted molar refractivity (Wildman–Crippen MR) is 155 cm³/mol. The van der Waals surface area contributed by atoms with Crippen LogP contribution >= 0.6 is 0 Å². The van der Waals surface area contributed by atoms with Crippen molar-refractivity contribution in [1.82, 2.24) is 21.1 Å². The molecular weight excluding hydrogens is 518 g/mol. The Morgan fingerprint density at radius 3 is 2.32 bits per heavy atom. The number of fused-ring (bicyclic) bond motifs is 3. The average Bonchev–Trinajstić information content (AvgIpc) is 3.64. The van der Waals surface area contributed by atoms with Crippen LogP contribution < -0.4 is 27.6 Å². The third-order valence-electron chi connectivity index (χ3n) is 8.83. The Labute approximate surface area is 240 Å². The molecule has 0 spiro atoms. The van der Waals surface area contributed by atoms with Gasteiger partial charge in [0.15, 0.2) is 0 Å². The summed E-state index contributed by atoms with van der Waals surface area (Å²) < 4.78 is 0. The first-order valence-electron chi connectivity index (χ1n) is 14.0. The lowest BCUT2D eigenvalue weighted by atomic mass is 9.67. The van der Waals surface area contributed by atoms with E-state index in [2.05, 4.69) is 28.8 Å². The van der Waals surface area contributed by atoms with Crippen LogP contribution in [-0.2, 0) is 27.8 Å². The van der Waals surface area contributed by atoms with E-state index in [9.17, 15) is 19.6 Å². The number of carbonyl (C=O) groups excluding carboxylic acids is 3. The highest BCUT2D eigenvalue weighted by Crippen LogP contribution is 2.48. The van der Waals surface area contributed by atoms with Gasteiger partial charge in [0.25, 0.3) is 0 Å². The Bertz CT molecular complexity index is 1400. The largest absolute Gasteiger partial charge is 0.399 e. The molecule has 2 fully saturated rings. The zero-order valence-corrected chi connectivity index (χ0v) is 23.5. The molecule has 1 aliphatic heterocycles. The molecule has 3 amide bonds. The molecule has 1 heterocycles. The molecule has 3 aliphatic rings. The number of nitrogens with one attached hydrogen (secondary N) is 3. The van der Waals surface area contributed by atoms with Gasteiger partial charge < -0.3 is 21.7 Å². The number of hydrogen-bond acceptors (Lipinski definition) is 7. The first-order valence-corrected chi connectivity index (χ1v) is 14.0. The fraction of sp³-hybridized carbons (Fsp3) is 0.419. The molecule has 2 aromatic carbocycles. The Kier molecular flexibility index (Phi) is 7.60. The Morgan fingerprint density at radius 2 is 1.73 bits per heavy atom. The van der Waals surface area contributed by atoms with Crippen molar-refractivity contribution in [3.63, 3.8) is 0 Å². The summed E-state index contributed by atoms with van der Waals surface area (Å²) in [6, 6.07) is 12.8. The molecule has 10 nitrogen and oxygen atoms in total. The molecule has 1 saturated heterocycles. The molecule has 10 heteroatoms. The second-order valence-electron chi connectivity index (χ2n) is 11.5. The van der Waals surface area contributed by atoms with Crippen molar-refractivity contribution in [2.45, 2.75) is 62.6 Å². The molecular formula is C31H37N7O3. The number of aryl methyl sites for hydroxylation is 2. The van der Waals surface area contributed by atoms with Gasteiger partial charge in [0.05, 0.1) is 12.6 Å². The smallest absolute Gasteiger partial charge is 0.249 e. The van der Waals surface area contributed by atoms with Gasteiger partial charge in [0, 0.05) is 30.4 Å². The molecule has 5 rings (SSSR count). The third kappa shape index (κ3) is 5.07. The van der Waals surface area contributed by atoms with Crippen molar-refractivity contribution in [3.05, 3.63) is 76.4 Å². The summed E-state index contributed by atoms with van der Waals surface area (Å²) in [6.07, 6.45) is 3.23. The van der Waals surface area contributed by atoms with Crippen LogP contribution in [0.15, 0.2) is 43.0 Å². The van der Waals surface area contributed by atoms with E-state index < -0.39 is 11.3 Å². The molecule has 2 aromatic rings. The summed E-state index contributed by atoms with van der Waals surface area (Å²) in [6.45, 7) is 5.90. The molecule has 214 valence electrons. The summed E-state index contributed by atoms with van der Waals surface area (Å²) in [5.41, 5.74) is 21.1. The van der Waals surface area contributed by atoms with Gasteiger partial charge in [-0.15, -0.1) is 0 Å². The van der Waals surface area contributed by atoms with Gasteiger partial charge in [-0.2, -0.15) is 5.26 Å². The maximum absolute atomic E-state index is 14.2. The predicted octanol–water partition coefficient (Wildman–Crippen LogP) is 1.23. The Hall–Kier alpha value is -4.20. The third-order valence-corrected chi connectivity index (χ3v) is 8.83. The average molecular weight is 556 g/mol. The van der Waals surface area contributed by atoms with Crippen molar-refractivity contribution in [2.75, 3.05) is 13.6 Å². The van der Waals surface area contributed by atoms with Crippen LogP contribution in [0.2, 0.25) is 0 Å². The number of primary amides is 1. The van der Waals surface area contributed by atoms with Gasteiger partial charge in [-0.3, -0.25) is 19.8 Å². The van der Waals surface area contributed by atoms with E-state index in [0.717, 1.165) is 40.7 Å². The summed E-state index contributed by atoms with van der Waals surface area (Å²) in [4.78, 5) is 41.2. The van der Waals surface area contributed by atoms with Crippen LogP contribution in [0.1, 0.15) is 64.4 Å². The molecule has 41 heavy (non-hydrogen) atoms. The van der Waals surface area contributed by atoms with Crippen LogP contribution in [-0.4, -0.2) is 54.3 Å². The van der Waals surface area contributed by atoms with Gasteiger partial charge in [0.1, 0.15) is 11.5 Å². The van der Waals surface area contributed by atoms with Crippen molar-refractivity contribution >= 4 is 23.4 Å². The molecule has 2 unspecified atom stereocenters. The summed E-state index contributed by atoms with van der Waals surface area (Å²) in [5, 5.41) is 12.9. The highest BCUT2D eigenvalue weighted by atomic mass is 16.2. The molecule has 0 aromatic heterocycles. The lowest BCUT2D eigenvalue weighted by molar-refractivity contribution is -0.131. The number of carbonyl (C=O) groups is 3. The lowest BCUT2D eigenvalue weighted by Crippen LogP contribution is -2.53. The van der Waals surface area contributed by atoms with Crippen LogP contribution in [0, 0.1) is 17.2 Å². The number of piperidine rings is 1. The second-order valence-corrected chi connectivity index (χ2v) is 11.5. The zero-order chi connectivity index (χ0) is 29.5. The summed E-state index contributed by atoms with van der Waals surface area (Å²) in [5.74, 6) is -0.458. The minimum Gasteiger partial charge on any atom is -0.399 e. The minimum atomic E-state index is -1.17. The quantitative estimate of drug-likeness (QED) is 0.290. The Morgan fingerprint density at radius 1 is 1.10 bits per heavy atom. The van der Waals surface area contributed by atoms with Crippen molar-refractivity contribution in [1.29, 1.82) is 5.26 Å². The van der Waals surface area contributed by atoms with Crippen molar-refractivity contribution in [3.8, 4) is 6.07 Å². The number of hydrogen-bond donors (Lipinski definition) is 5. The highest BCUT2D eigenvalue weighted by Gasteiger charge is 2.54. The lowest BCUT2D eigenvalue weighted by Gasteiger charge is -2.37. The van der Waals surface area contributed by atoms with Crippen molar-refractivity contribution in [2.24, 2.45) is 17.4 Å². The number of nitrogens with zero attached hydrogens (tertiary/aromatic N) is 2. The zero-order valence-electron chi connectivity index (χ0n) is 23.5. The summed E-state index contributed by atoms with van der Waals surface area (Å²) in [7, 11) is 1.63. The monoisotopic (exact) mass is 555 g/mol. The first-order chi connectivity index (χ1) is 19.6. The van der Waals surface area contributed by atoms with E-state index in [1.165, 1.54) is 0 Å². The van der Waals surface area contributed by atoms with E-state index >= 15 is 0 Å². The minimum absolute atomic E-state index is 0.0680. The molecule has 2 aliphatic carbocycles. The molecule has 7 N–H and O–H groups in total. The first kappa shape index (κ1) is 28.3. The number of rotatable bonds is 9. The van der Waals surface area contributed by atoms with E-state index in [1.54, 1.807) is 24.1 Å².